The zero-order valence-corrected chi connectivity index (χ0v) is 16.8. The first-order chi connectivity index (χ1) is 13.0. The molecule has 27 heavy (non-hydrogen) atoms. The van der Waals surface area contributed by atoms with E-state index in [2.05, 4.69) is 37.2 Å². The van der Waals surface area contributed by atoms with E-state index in [1.165, 1.54) is 18.2 Å². The van der Waals surface area contributed by atoms with E-state index in [0.29, 0.717) is 16.0 Å². The highest BCUT2D eigenvalue weighted by Gasteiger charge is 2.13. The number of benzene rings is 2. The predicted molar refractivity (Wildman–Crippen MR) is 108 cm³/mol. The van der Waals surface area contributed by atoms with Crippen LogP contribution in [-0.4, -0.2) is 5.91 Å². The molecule has 7 heteroatoms. The lowest BCUT2D eigenvalue weighted by Crippen LogP contribution is -2.14. The predicted octanol–water partition coefficient (Wildman–Crippen LogP) is 6.16. The number of carbonyl (C=O) groups excluding carboxylic acids is 1. The summed E-state index contributed by atoms with van der Waals surface area (Å²) in [5, 5.41) is 11.7. The van der Waals surface area contributed by atoms with E-state index in [1.807, 2.05) is 30.3 Å². The maximum Gasteiger partial charge on any atom is 0.266 e. The summed E-state index contributed by atoms with van der Waals surface area (Å²) in [7, 11) is 0. The largest absolute Gasteiger partial charge is 0.457 e. The Bertz CT molecular complexity index is 1070. The summed E-state index contributed by atoms with van der Waals surface area (Å²) < 4.78 is 21.0. The highest BCUT2D eigenvalue weighted by molar-refractivity contribution is 9.10. The van der Waals surface area contributed by atoms with Crippen LogP contribution in [0.3, 0.4) is 0 Å². The Kier molecular flexibility index (Phi) is 5.89. The molecule has 3 aromatic rings. The summed E-state index contributed by atoms with van der Waals surface area (Å²) in [6.45, 7) is 0. The number of hydrogen-bond donors (Lipinski definition) is 1. The van der Waals surface area contributed by atoms with Gasteiger partial charge in [-0.1, -0.05) is 44.0 Å². The molecule has 1 heterocycles. The van der Waals surface area contributed by atoms with Gasteiger partial charge in [0.1, 0.15) is 29.0 Å². The minimum absolute atomic E-state index is 0.0145. The van der Waals surface area contributed by atoms with E-state index in [0.717, 1.165) is 10.0 Å². The van der Waals surface area contributed by atoms with Crippen LogP contribution in [0.1, 0.15) is 5.76 Å². The highest BCUT2D eigenvalue weighted by Crippen LogP contribution is 2.25. The molecule has 2 aromatic carbocycles. The minimum Gasteiger partial charge on any atom is -0.457 e. The molecule has 3 rings (SSSR count). The third-order valence-corrected chi connectivity index (χ3v) is 4.61. The van der Waals surface area contributed by atoms with Gasteiger partial charge in [0.2, 0.25) is 0 Å². The molecular weight excluding hydrogens is 479 g/mol. The van der Waals surface area contributed by atoms with Gasteiger partial charge in [-0.25, -0.2) is 4.39 Å². The molecule has 1 amide bonds. The van der Waals surface area contributed by atoms with E-state index in [9.17, 15) is 14.4 Å². The van der Waals surface area contributed by atoms with Crippen molar-refractivity contribution >= 4 is 49.5 Å². The molecule has 0 fully saturated rings. The van der Waals surface area contributed by atoms with Gasteiger partial charge in [0, 0.05) is 20.6 Å². The van der Waals surface area contributed by atoms with E-state index in [4.69, 9.17) is 4.42 Å². The van der Waals surface area contributed by atoms with E-state index >= 15 is 0 Å². The Morgan fingerprint density at radius 1 is 1.07 bits per heavy atom. The van der Waals surface area contributed by atoms with Gasteiger partial charge in [-0.3, -0.25) is 4.79 Å². The van der Waals surface area contributed by atoms with Crippen molar-refractivity contribution in [3.05, 3.63) is 80.7 Å². The van der Waals surface area contributed by atoms with E-state index in [-0.39, 0.29) is 11.3 Å². The Balaban J connectivity index is 1.81. The fourth-order valence-corrected chi connectivity index (χ4v) is 2.87. The molecule has 0 aliphatic carbocycles. The summed E-state index contributed by atoms with van der Waals surface area (Å²) in [6, 6.07) is 17.0. The van der Waals surface area contributed by atoms with Gasteiger partial charge < -0.3 is 9.73 Å². The van der Waals surface area contributed by atoms with Gasteiger partial charge in [0.25, 0.3) is 5.91 Å². The van der Waals surface area contributed by atoms with Gasteiger partial charge in [-0.2, -0.15) is 5.26 Å². The molecule has 0 saturated heterocycles. The third kappa shape index (κ3) is 4.73. The van der Waals surface area contributed by atoms with E-state index in [1.54, 1.807) is 18.2 Å². The van der Waals surface area contributed by atoms with Crippen molar-refractivity contribution in [2.45, 2.75) is 0 Å². The first-order valence-electron chi connectivity index (χ1n) is 7.70. The molecule has 0 saturated carbocycles. The van der Waals surface area contributed by atoms with E-state index < -0.39 is 11.7 Å². The van der Waals surface area contributed by atoms with Crippen LogP contribution in [-0.2, 0) is 4.79 Å². The van der Waals surface area contributed by atoms with Crippen LogP contribution in [0.25, 0.3) is 17.4 Å². The van der Waals surface area contributed by atoms with Crippen LogP contribution in [0.15, 0.2) is 73.5 Å². The summed E-state index contributed by atoms with van der Waals surface area (Å²) >= 11 is 6.51. The number of furan rings is 1. The molecule has 134 valence electrons. The summed E-state index contributed by atoms with van der Waals surface area (Å²) in [5.74, 6) is -0.382. The minimum atomic E-state index is -0.722. The smallest absolute Gasteiger partial charge is 0.266 e. The first-order valence-corrected chi connectivity index (χ1v) is 9.29. The molecule has 0 spiro atoms. The molecule has 1 aromatic heterocycles. The second-order valence-electron chi connectivity index (χ2n) is 5.46. The van der Waals surface area contributed by atoms with Gasteiger partial charge in [0.15, 0.2) is 0 Å². The SMILES string of the molecule is N#C/C(=C\c1ccc(-c2ccc(Br)cc2)o1)C(=O)Nc1ccc(Br)cc1F. The molecule has 0 unspecified atom stereocenters. The maximum absolute atomic E-state index is 13.9. The standard InChI is InChI=1S/C20H11Br2FN2O2/c21-14-3-1-12(2-4-14)19-8-6-16(27-19)9-13(11-24)20(26)25-18-7-5-15(22)10-17(18)23/h1-10H,(H,25,26)/b13-9+. The van der Waals surface area contributed by atoms with Gasteiger partial charge in [-0.15, -0.1) is 0 Å². The molecule has 0 bridgehead atoms. The molecule has 0 aliphatic rings. The van der Waals surface area contributed by atoms with Crippen LogP contribution < -0.4 is 5.32 Å². The average molecular weight is 490 g/mol. The quantitative estimate of drug-likeness (QED) is 0.352. The van der Waals surface area contributed by atoms with Crippen LogP contribution in [0, 0.1) is 17.1 Å². The fourth-order valence-electron chi connectivity index (χ4n) is 2.27. The van der Waals surface area contributed by atoms with Crippen molar-refractivity contribution in [2.24, 2.45) is 0 Å². The number of nitrogens with one attached hydrogen (secondary N) is 1. The number of hydrogen-bond acceptors (Lipinski definition) is 3. The molecule has 0 aliphatic heterocycles. The van der Waals surface area contributed by atoms with Crippen molar-refractivity contribution in [3.8, 4) is 17.4 Å². The lowest BCUT2D eigenvalue weighted by atomic mass is 10.2. The number of carbonyl (C=O) groups is 1. The monoisotopic (exact) mass is 488 g/mol. The number of nitrogens with zero attached hydrogens (tertiary/aromatic N) is 1. The van der Waals surface area contributed by atoms with Crippen LogP contribution in [0.4, 0.5) is 10.1 Å². The molecule has 1 N–H and O–H groups in total. The Morgan fingerprint density at radius 2 is 1.78 bits per heavy atom. The zero-order valence-electron chi connectivity index (χ0n) is 13.7. The first kappa shape index (κ1) is 19.1. The second kappa shape index (κ2) is 8.33. The number of rotatable bonds is 4. The van der Waals surface area contributed by atoms with Crippen molar-refractivity contribution in [1.82, 2.24) is 0 Å². The Morgan fingerprint density at radius 3 is 2.44 bits per heavy atom. The van der Waals surface area contributed by atoms with Crippen LogP contribution in [0.5, 0.6) is 0 Å². The normalized spacial score (nSPS) is 11.1. The number of nitriles is 1. The average Bonchev–Trinajstić information content (AvgIpc) is 3.11. The third-order valence-electron chi connectivity index (χ3n) is 3.59. The van der Waals surface area contributed by atoms with Crippen molar-refractivity contribution in [2.75, 3.05) is 5.32 Å². The van der Waals surface area contributed by atoms with Crippen LogP contribution in [0.2, 0.25) is 0 Å². The lowest BCUT2D eigenvalue weighted by Gasteiger charge is -2.05. The zero-order chi connectivity index (χ0) is 19.4. The second-order valence-corrected chi connectivity index (χ2v) is 7.29. The van der Waals surface area contributed by atoms with Crippen molar-refractivity contribution in [3.63, 3.8) is 0 Å². The van der Waals surface area contributed by atoms with Gasteiger partial charge in [0.05, 0.1) is 5.69 Å². The van der Waals surface area contributed by atoms with Crippen molar-refractivity contribution < 1.29 is 13.6 Å². The van der Waals surface area contributed by atoms with Gasteiger partial charge in [-0.05, 0) is 42.5 Å². The molecular formula is C20H11Br2FN2O2. The maximum atomic E-state index is 13.9. The van der Waals surface area contributed by atoms with Gasteiger partial charge >= 0.3 is 0 Å². The molecule has 0 radical (unpaired) electrons. The number of amides is 1. The molecule has 4 nitrogen and oxygen atoms in total. The number of anilines is 1. The molecule has 0 atom stereocenters. The Labute approximate surface area is 171 Å². The number of halogens is 3. The summed E-state index contributed by atoms with van der Waals surface area (Å²) in [4.78, 5) is 12.3. The fraction of sp³-hybridized carbons (Fsp3) is 0. The summed E-state index contributed by atoms with van der Waals surface area (Å²) in [6.07, 6.45) is 1.31. The van der Waals surface area contributed by atoms with Crippen molar-refractivity contribution in [1.29, 1.82) is 5.26 Å². The highest BCUT2D eigenvalue weighted by atomic mass is 79.9. The topological polar surface area (TPSA) is 66.0 Å². The lowest BCUT2D eigenvalue weighted by molar-refractivity contribution is -0.112. The van der Waals surface area contributed by atoms with Crippen LogP contribution >= 0.6 is 31.9 Å². The Hall–Kier alpha value is -2.69. The summed E-state index contributed by atoms with van der Waals surface area (Å²) in [5.41, 5.74) is 0.645.